The van der Waals surface area contributed by atoms with Crippen LogP contribution in [0.4, 0.5) is 34.1 Å². The van der Waals surface area contributed by atoms with Crippen LogP contribution in [0.1, 0.15) is 223 Å². The monoisotopic (exact) mass is 1560 g/mol. The molecular weight excluding hydrogens is 1410 g/mol. The maximum absolute atomic E-state index is 10.8. The van der Waals surface area contributed by atoms with Gasteiger partial charge in [0.05, 0.1) is 55.4 Å². The minimum absolute atomic E-state index is 0.0907. The second-order valence-electron chi connectivity index (χ2n) is 38.7. The predicted octanol–water partition coefficient (Wildman–Crippen LogP) is 29.5. The number of aromatic nitrogens is 2. The number of para-hydroxylation sites is 4. The molecule has 2 aliphatic heterocycles. The molecule has 4 heterocycles. The van der Waals surface area contributed by atoms with Gasteiger partial charge in [-0.25, -0.2) is 0 Å². The van der Waals surface area contributed by atoms with Gasteiger partial charge < -0.3 is 18.9 Å². The van der Waals surface area contributed by atoms with E-state index in [1.165, 1.54) is 9.13 Å². The Morgan fingerprint density at radius 1 is 0.282 bits per heavy atom. The minimum Gasteiger partial charge on any atom is -0.311 e. The first-order valence-corrected chi connectivity index (χ1v) is 40.5. The fraction of sp³-hybridized carbons (Fsp3) is 0.304. The lowest BCUT2D eigenvalue weighted by atomic mass is 9.33. The van der Waals surface area contributed by atoms with Crippen LogP contribution in [-0.4, -0.2) is 15.8 Å². The topological polar surface area (TPSA) is 16.3 Å². The average molecular weight is 1560 g/mol. The van der Waals surface area contributed by atoms with E-state index >= 15 is 0 Å². The zero-order chi connectivity index (χ0) is 107. The van der Waals surface area contributed by atoms with Gasteiger partial charge in [0.2, 0.25) is 0 Å². The molecule has 590 valence electrons. The highest BCUT2D eigenvalue weighted by Crippen LogP contribution is 2.54. The molecule has 117 heavy (non-hydrogen) atoms. The van der Waals surface area contributed by atoms with E-state index in [9.17, 15) is 38.4 Å². The van der Waals surface area contributed by atoms with Gasteiger partial charge in [-0.2, -0.15) is 0 Å². The number of hydrogen-bond donors (Lipinski definition) is 0. The van der Waals surface area contributed by atoms with Gasteiger partial charge >= 0.3 is 0 Å². The molecule has 0 radical (unpaired) electrons. The molecule has 0 saturated heterocycles. The van der Waals surface area contributed by atoms with Crippen molar-refractivity contribution in [1.29, 1.82) is 0 Å². The van der Waals surface area contributed by atoms with E-state index in [-0.39, 0.29) is 122 Å². The maximum Gasteiger partial charge on any atom is 0.252 e. The van der Waals surface area contributed by atoms with Crippen molar-refractivity contribution in [2.45, 2.75) is 189 Å². The highest BCUT2D eigenvalue weighted by Gasteiger charge is 2.46. The van der Waals surface area contributed by atoms with Gasteiger partial charge in [-0.15, -0.1) is 0 Å². The predicted molar refractivity (Wildman–Crippen MR) is 509 cm³/mol. The molecule has 0 spiro atoms. The molecule has 0 aliphatic carbocycles. The minimum atomic E-state index is -2.32. The summed E-state index contributed by atoms with van der Waals surface area (Å²) in [5, 5.41) is -0.867. The van der Waals surface area contributed by atoms with Crippen molar-refractivity contribution >= 4 is 101 Å². The number of rotatable bonds is 14. The molecule has 4 nitrogen and oxygen atoms in total. The number of fused-ring (bicyclic) bond motifs is 10. The summed E-state index contributed by atoms with van der Waals surface area (Å²) in [6, 6.07) is 39.7. The van der Waals surface area contributed by atoms with Crippen LogP contribution in [0.25, 0.3) is 99.5 Å². The van der Waals surface area contributed by atoms with Crippen LogP contribution >= 0.6 is 0 Å². The van der Waals surface area contributed by atoms with Crippen LogP contribution < -0.4 is 26.2 Å². The Kier molecular flexibility index (Phi) is 12.9. The fourth-order valence-electron chi connectivity index (χ4n) is 16.8. The second-order valence-corrected chi connectivity index (χ2v) is 38.7. The molecule has 2 aliphatic rings. The van der Waals surface area contributed by atoms with E-state index in [0.717, 1.165) is 0 Å². The zero-order valence-electron chi connectivity index (χ0n) is 99.0. The van der Waals surface area contributed by atoms with Gasteiger partial charge in [-0.05, 0) is 250 Å². The summed E-state index contributed by atoms with van der Waals surface area (Å²) in [6.07, 6.45) is -12.9. The number of benzene rings is 13. The van der Waals surface area contributed by atoms with Gasteiger partial charge in [0.1, 0.15) is 0 Å². The van der Waals surface area contributed by atoms with Gasteiger partial charge in [0, 0.05) is 83.2 Å². The molecule has 0 unspecified atom stereocenters. The van der Waals surface area contributed by atoms with E-state index in [2.05, 4.69) is 0 Å². The smallest absolute Gasteiger partial charge is 0.252 e. The van der Waals surface area contributed by atoms with Crippen molar-refractivity contribution in [1.82, 2.24) is 9.13 Å². The van der Waals surface area contributed by atoms with Crippen molar-refractivity contribution in [2.75, 3.05) is 9.80 Å². The first kappa shape index (κ1) is 52.0. The fourth-order valence-corrected chi connectivity index (χ4v) is 16.8. The van der Waals surface area contributed by atoms with Gasteiger partial charge in [-0.1, -0.05) is 327 Å². The molecule has 15 aromatic rings. The Morgan fingerprint density at radius 3 is 0.863 bits per heavy atom. The Labute approximate surface area is 738 Å². The standard InChI is InChI=1S/C112H119BN4/c1-106(2,3)66-72-34-30-38-76(54-72)89-64-99(91(58-80(89)70-110(13,14)15)78-40-32-36-74(56-78)68-108(7,8)9)116-101-62-83(114-95-46-26-22-42-85(95)86-43-23-27-47-96(86)114)50-52-93(101)113-94-53-51-84(115-97-48-28-24-44-87(97)88-45-25-29-49-98(88)115)63-102(94)117(104-61-82(112(19,20)21)60-103(116)105(104)113)100-65-90(77-39-31-35-73(55-77)67-107(4,5)6)81(71-111(16,17)18)59-92(100)79-41-33-37-75(57-79)69-109(10,11)12/h22-65H,66-71H2,1-21H3/i22D,23D,24D,25D,26D,27D,28D,29D,42D,43D,44D,45D,46D,47D,48D,49D,66D2,67D2,68D2,69D2,70D2,71D2. The van der Waals surface area contributed by atoms with E-state index in [0.29, 0.717) is 66.7 Å². The van der Waals surface area contributed by atoms with E-state index in [1.54, 1.807) is 246 Å². The SMILES string of the molecule is [2H]c1c([2H])c([2H])c2c(c1[2H])c1c([2H])c([2H])c([2H])c([2H])c1n2-c1ccc2c(c1)N(c1cc(-c3cccc(C([2H])([2H])C(C)(C)C)c3)c(C([2H])([2H])C(C)(C)C)cc1-c1cccc(C([2H])([2H])C(C)(C)C)c1)c1cc(C(C)(C)C)cc3c1B2c1ccc(-n2c4c([2H])c([2H])c([2H])c([2H])c4c4c([2H])c([2H])c([2H])c([2H])c42)cc1N3c1cc(-c2cccc(C([2H])([2H])C(C)(C)C)c2)c(C([2H])([2H])C(C)(C)C)cc1-c1cccc(C([2H])([2H])C(C)(C)C)c1. The Bertz CT molecular complexity index is 7420. The van der Waals surface area contributed by atoms with Gasteiger partial charge in [-0.3, -0.25) is 0 Å². The Morgan fingerprint density at radius 2 is 0.573 bits per heavy atom. The van der Waals surface area contributed by atoms with Crippen LogP contribution in [0, 0.1) is 32.5 Å². The molecule has 13 aromatic carbocycles. The van der Waals surface area contributed by atoms with Gasteiger partial charge in [0.25, 0.3) is 6.71 Å². The van der Waals surface area contributed by atoms with Crippen LogP contribution in [0.2, 0.25) is 0 Å². The lowest BCUT2D eigenvalue weighted by Gasteiger charge is -2.46. The highest BCUT2D eigenvalue weighted by atomic mass is 15.2. The van der Waals surface area contributed by atoms with E-state index < -0.39 is 180 Å². The zero-order valence-corrected chi connectivity index (χ0v) is 71.0. The molecule has 2 aromatic heterocycles. The van der Waals surface area contributed by atoms with Crippen molar-refractivity contribution < 1.29 is 38.4 Å². The van der Waals surface area contributed by atoms with Crippen LogP contribution in [-0.2, 0) is 43.7 Å². The quantitative estimate of drug-likeness (QED) is 0.101. The normalized spacial score (nSPS) is 17.7. The first-order chi connectivity index (χ1) is 66.6. The molecule has 0 atom stereocenters. The summed E-state index contributed by atoms with van der Waals surface area (Å²) in [6.45, 7) is 37.2. The van der Waals surface area contributed by atoms with Crippen molar-refractivity contribution in [3.63, 3.8) is 0 Å². The van der Waals surface area contributed by atoms with Gasteiger partial charge in [0.15, 0.2) is 0 Å². The molecule has 17 rings (SSSR count). The molecule has 0 bridgehead atoms. The van der Waals surface area contributed by atoms with Crippen LogP contribution in [0.5, 0.6) is 0 Å². The summed E-state index contributed by atoms with van der Waals surface area (Å²) >= 11 is 0. The molecule has 0 saturated carbocycles. The largest absolute Gasteiger partial charge is 0.311 e. The summed E-state index contributed by atoms with van der Waals surface area (Å²) < 4.78 is 280. The third kappa shape index (κ3) is 15.7. The van der Waals surface area contributed by atoms with Crippen molar-refractivity contribution in [3.05, 3.63) is 305 Å². The summed E-state index contributed by atoms with van der Waals surface area (Å²) in [5.41, 5.74) is -0.336. The summed E-state index contributed by atoms with van der Waals surface area (Å²) in [4.78, 5) is 4.02. The van der Waals surface area contributed by atoms with E-state index in [4.69, 9.17) is 0 Å². The van der Waals surface area contributed by atoms with Crippen LogP contribution in [0.15, 0.2) is 267 Å². The van der Waals surface area contributed by atoms with Crippen LogP contribution in [0.3, 0.4) is 0 Å². The third-order valence-electron chi connectivity index (χ3n) is 21.0. The molecule has 0 fully saturated rings. The maximum atomic E-state index is 10.8. The number of hydrogen-bond acceptors (Lipinski definition) is 2. The summed E-state index contributed by atoms with van der Waals surface area (Å²) in [7, 11) is 0. The highest BCUT2D eigenvalue weighted by molar-refractivity contribution is 7.00. The average Bonchev–Trinajstić information content (AvgIpc) is 1.21. The second kappa shape index (κ2) is 29.0. The lowest BCUT2D eigenvalue weighted by Crippen LogP contribution is -2.61. The molecule has 5 heteroatoms. The number of nitrogens with zero attached hydrogens (tertiary/aromatic N) is 4. The van der Waals surface area contributed by atoms with E-state index in [1.807, 2.05) is 79.1 Å². The number of anilines is 6. The third-order valence-corrected chi connectivity index (χ3v) is 21.0. The molecular formula is C112H119BN4. The Hall–Kier alpha value is -10.9. The lowest BCUT2D eigenvalue weighted by molar-refractivity contribution is 0.410. The van der Waals surface area contributed by atoms with Crippen molar-refractivity contribution in [2.24, 2.45) is 32.5 Å². The van der Waals surface area contributed by atoms with Crippen molar-refractivity contribution in [3.8, 4) is 55.9 Å². The Balaban J connectivity index is 1.16. The molecule has 0 N–H and O–H groups in total. The summed E-state index contributed by atoms with van der Waals surface area (Å²) in [5.74, 6) is 0. The molecule has 0 amide bonds. The first-order valence-electron chi connectivity index (χ1n) is 54.5.